The number of rotatable bonds is 3. The number of nitrogens with one attached hydrogen (secondary N) is 1. The number of nitrogens with zero attached hydrogens (tertiary/aromatic N) is 2. The van der Waals surface area contributed by atoms with Gasteiger partial charge < -0.3 is 5.32 Å². The van der Waals surface area contributed by atoms with E-state index in [1.165, 1.54) is 10.1 Å². The molecule has 0 aliphatic heterocycles. The molecule has 4 heteroatoms. The van der Waals surface area contributed by atoms with Gasteiger partial charge in [0.1, 0.15) is 5.82 Å². The lowest BCUT2D eigenvalue weighted by atomic mass is 10.2. The van der Waals surface area contributed by atoms with Crippen LogP contribution in [0.1, 0.15) is 20.3 Å². The Kier molecular flexibility index (Phi) is 3.46. The monoisotopic (exact) mass is 243 g/mol. The Hall–Kier alpha value is -2.10. The Bertz CT molecular complexity index is 656. The van der Waals surface area contributed by atoms with Crippen LogP contribution in [0.3, 0.4) is 0 Å². The summed E-state index contributed by atoms with van der Waals surface area (Å²) < 4.78 is 1.53. The molecule has 0 saturated heterocycles. The van der Waals surface area contributed by atoms with E-state index in [1.807, 2.05) is 30.5 Å². The van der Waals surface area contributed by atoms with Crippen molar-refractivity contribution < 1.29 is 0 Å². The summed E-state index contributed by atoms with van der Waals surface area (Å²) in [5, 5.41) is 4.15. The fourth-order valence-corrected chi connectivity index (χ4v) is 1.69. The van der Waals surface area contributed by atoms with Gasteiger partial charge in [-0.3, -0.25) is 4.57 Å². The van der Waals surface area contributed by atoms with E-state index < -0.39 is 0 Å². The van der Waals surface area contributed by atoms with Crippen molar-refractivity contribution in [2.24, 2.45) is 7.05 Å². The summed E-state index contributed by atoms with van der Waals surface area (Å²) in [6, 6.07) is 7.62. The predicted octanol–water partition coefficient (Wildman–Crippen LogP) is 2.66. The molecule has 0 radical (unpaired) electrons. The number of benzene rings is 1. The highest BCUT2D eigenvalue weighted by atomic mass is 16.1. The number of para-hydroxylation sites is 1. The van der Waals surface area contributed by atoms with Gasteiger partial charge in [-0.1, -0.05) is 24.6 Å². The van der Waals surface area contributed by atoms with Gasteiger partial charge in [-0.2, -0.15) is 4.98 Å². The lowest BCUT2D eigenvalue weighted by molar-refractivity contribution is 0.835. The molecule has 1 aromatic carbocycles. The summed E-state index contributed by atoms with van der Waals surface area (Å²) in [7, 11) is 1.72. The SMILES string of the molecule is CC/C(C)=C/Nc1c2ccccc2nc(=O)n1C. The van der Waals surface area contributed by atoms with Crippen molar-refractivity contribution in [1.82, 2.24) is 9.55 Å². The van der Waals surface area contributed by atoms with Gasteiger partial charge in [0.2, 0.25) is 0 Å². The van der Waals surface area contributed by atoms with Crippen LogP contribution in [-0.2, 0) is 7.05 Å². The van der Waals surface area contributed by atoms with E-state index in [4.69, 9.17) is 0 Å². The van der Waals surface area contributed by atoms with Crippen LogP contribution in [0.25, 0.3) is 10.9 Å². The summed E-state index contributed by atoms with van der Waals surface area (Å²) >= 11 is 0. The third-order valence-electron chi connectivity index (χ3n) is 3.01. The second-order valence-electron chi connectivity index (χ2n) is 4.31. The minimum atomic E-state index is -0.251. The molecule has 0 saturated carbocycles. The summed E-state index contributed by atoms with van der Waals surface area (Å²) in [5.74, 6) is 0.776. The van der Waals surface area contributed by atoms with Gasteiger partial charge in [0, 0.05) is 18.6 Å². The van der Waals surface area contributed by atoms with Crippen molar-refractivity contribution in [3.63, 3.8) is 0 Å². The maximum Gasteiger partial charge on any atom is 0.349 e. The molecule has 0 aliphatic rings. The number of hydrogen-bond acceptors (Lipinski definition) is 3. The van der Waals surface area contributed by atoms with Crippen molar-refractivity contribution in [2.75, 3.05) is 5.32 Å². The van der Waals surface area contributed by atoms with Crippen LogP contribution in [0.2, 0.25) is 0 Å². The van der Waals surface area contributed by atoms with E-state index in [9.17, 15) is 4.79 Å². The van der Waals surface area contributed by atoms with Gasteiger partial charge in [0.05, 0.1) is 5.52 Å². The maximum absolute atomic E-state index is 11.8. The van der Waals surface area contributed by atoms with Crippen molar-refractivity contribution in [3.05, 3.63) is 46.5 Å². The summed E-state index contributed by atoms with van der Waals surface area (Å²) in [4.78, 5) is 15.8. The number of aromatic nitrogens is 2. The minimum Gasteiger partial charge on any atom is -0.347 e. The second-order valence-corrected chi connectivity index (χ2v) is 4.31. The Morgan fingerprint density at radius 3 is 2.89 bits per heavy atom. The molecule has 0 fully saturated rings. The molecule has 0 unspecified atom stereocenters. The van der Waals surface area contributed by atoms with Crippen LogP contribution in [0.5, 0.6) is 0 Å². The number of anilines is 1. The van der Waals surface area contributed by atoms with Crippen LogP contribution >= 0.6 is 0 Å². The Morgan fingerprint density at radius 1 is 1.44 bits per heavy atom. The van der Waals surface area contributed by atoms with Gasteiger partial charge in [-0.25, -0.2) is 4.79 Å². The van der Waals surface area contributed by atoms with Gasteiger partial charge in [-0.15, -0.1) is 0 Å². The lowest BCUT2D eigenvalue weighted by Gasteiger charge is -2.11. The molecule has 94 valence electrons. The number of allylic oxidation sites excluding steroid dienone is 1. The predicted molar refractivity (Wildman–Crippen MR) is 74.7 cm³/mol. The molecule has 18 heavy (non-hydrogen) atoms. The van der Waals surface area contributed by atoms with Gasteiger partial charge in [0.25, 0.3) is 0 Å². The van der Waals surface area contributed by atoms with Gasteiger partial charge in [-0.05, 0) is 25.5 Å². The highest BCUT2D eigenvalue weighted by Crippen LogP contribution is 2.19. The van der Waals surface area contributed by atoms with Crippen LogP contribution in [-0.4, -0.2) is 9.55 Å². The van der Waals surface area contributed by atoms with Crippen LogP contribution < -0.4 is 11.0 Å². The molecule has 1 heterocycles. The van der Waals surface area contributed by atoms with Gasteiger partial charge in [0.15, 0.2) is 0 Å². The zero-order valence-corrected chi connectivity index (χ0v) is 10.9. The largest absolute Gasteiger partial charge is 0.349 e. The van der Waals surface area contributed by atoms with E-state index in [0.717, 1.165) is 17.6 Å². The van der Waals surface area contributed by atoms with Crippen molar-refractivity contribution in [2.45, 2.75) is 20.3 Å². The summed E-state index contributed by atoms with van der Waals surface area (Å²) in [5.41, 5.74) is 1.69. The van der Waals surface area contributed by atoms with Gasteiger partial charge >= 0.3 is 5.69 Å². The van der Waals surface area contributed by atoms with Crippen LogP contribution in [0.15, 0.2) is 40.8 Å². The van der Waals surface area contributed by atoms with Crippen molar-refractivity contribution in [1.29, 1.82) is 0 Å². The zero-order chi connectivity index (χ0) is 13.1. The molecule has 0 spiro atoms. The first kappa shape index (κ1) is 12.4. The number of hydrogen-bond donors (Lipinski definition) is 1. The molecule has 1 aromatic heterocycles. The molecule has 2 aromatic rings. The molecule has 1 N–H and O–H groups in total. The highest BCUT2D eigenvalue weighted by Gasteiger charge is 2.06. The van der Waals surface area contributed by atoms with Crippen molar-refractivity contribution in [3.8, 4) is 0 Å². The third kappa shape index (κ3) is 2.27. The van der Waals surface area contributed by atoms with E-state index >= 15 is 0 Å². The minimum absolute atomic E-state index is 0.251. The molecule has 0 amide bonds. The van der Waals surface area contributed by atoms with E-state index in [0.29, 0.717) is 5.52 Å². The zero-order valence-electron chi connectivity index (χ0n) is 10.9. The fourth-order valence-electron chi connectivity index (χ4n) is 1.69. The third-order valence-corrected chi connectivity index (χ3v) is 3.01. The summed E-state index contributed by atoms with van der Waals surface area (Å²) in [6.07, 6.45) is 2.91. The smallest absolute Gasteiger partial charge is 0.347 e. The van der Waals surface area contributed by atoms with E-state index in [-0.39, 0.29) is 5.69 Å². The first-order valence-corrected chi connectivity index (χ1v) is 6.01. The maximum atomic E-state index is 11.8. The number of fused-ring (bicyclic) bond motifs is 1. The first-order valence-electron chi connectivity index (χ1n) is 6.01. The topological polar surface area (TPSA) is 46.9 Å². The van der Waals surface area contributed by atoms with Crippen LogP contribution in [0, 0.1) is 0 Å². The molecular formula is C14H17N3O. The van der Waals surface area contributed by atoms with Crippen LogP contribution in [0.4, 0.5) is 5.82 Å². The molecule has 4 nitrogen and oxygen atoms in total. The normalized spacial score (nSPS) is 11.8. The van der Waals surface area contributed by atoms with E-state index in [1.54, 1.807) is 7.05 Å². The molecular weight excluding hydrogens is 226 g/mol. The second kappa shape index (κ2) is 5.04. The molecule has 2 rings (SSSR count). The molecule has 0 aliphatic carbocycles. The lowest BCUT2D eigenvalue weighted by Crippen LogP contribution is -2.22. The first-order chi connectivity index (χ1) is 8.63. The molecule has 0 atom stereocenters. The van der Waals surface area contributed by atoms with Crippen molar-refractivity contribution >= 4 is 16.7 Å². The Labute approximate surface area is 106 Å². The fraction of sp³-hybridized carbons (Fsp3) is 0.286. The standard InChI is InChI=1S/C14H17N3O/c1-4-10(2)9-15-13-11-7-5-6-8-12(11)16-14(18)17(13)3/h5-9,15H,4H2,1-3H3/b10-9+. The average molecular weight is 243 g/mol. The Morgan fingerprint density at radius 2 is 2.17 bits per heavy atom. The Balaban J connectivity index is 2.60. The quantitative estimate of drug-likeness (QED) is 0.901. The average Bonchev–Trinajstić information content (AvgIpc) is 2.39. The highest BCUT2D eigenvalue weighted by molar-refractivity contribution is 5.89. The summed E-state index contributed by atoms with van der Waals surface area (Å²) in [6.45, 7) is 4.14. The molecule has 0 bridgehead atoms. The van der Waals surface area contributed by atoms with E-state index in [2.05, 4.69) is 24.1 Å².